The van der Waals surface area contributed by atoms with E-state index < -0.39 is 5.60 Å². The lowest BCUT2D eigenvalue weighted by molar-refractivity contribution is -0.133. The number of amides is 1. The van der Waals surface area contributed by atoms with Crippen molar-refractivity contribution in [1.29, 1.82) is 0 Å². The summed E-state index contributed by atoms with van der Waals surface area (Å²) < 4.78 is 1.85. The van der Waals surface area contributed by atoms with E-state index in [0.717, 1.165) is 18.1 Å². The molecule has 1 fully saturated rings. The Kier molecular flexibility index (Phi) is 4.98. The summed E-state index contributed by atoms with van der Waals surface area (Å²) in [4.78, 5) is 28.7. The van der Waals surface area contributed by atoms with Crippen molar-refractivity contribution >= 4 is 11.7 Å². The normalized spacial score (nSPS) is 20.0. The zero-order valence-electron chi connectivity index (χ0n) is 14.7. The first-order valence-electron chi connectivity index (χ1n) is 8.48. The smallest absolute Gasteiger partial charge is 0.242 e. The quantitative estimate of drug-likeness (QED) is 0.813. The number of aliphatic hydroxyl groups is 1. The molecule has 0 saturated carbocycles. The van der Waals surface area contributed by atoms with E-state index in [2.05, 4.69) is 15.0 Å². The third-order valence-corrected chi connectivity index (χ3v) is 4.59. The van der Waals surface area contributed by atoms with Gasteiger partial charge in [0.15, 0.2) is 0 Å². The second-order valence-electron chi connectivity index (χ2n) is 6.53. The first-order chi connectivity index (χ1) is 12.0. The van der Waals surface area contributed by atoms with Gasteiger partial charge in [0.05, 0.1) is 12.7 Å². The van der Waals surface area contributed by atoms with Crippen LogP contribution in [0, 0.1) is 0 Å². The Labute approximate surface area is 147 Å². The van der Waals surface area contributed by atoms with E-state index in [4.69, 9.17) is 0 Å². The van der Waals surface area contributed by atoms with Crippen LogP contribution in [0.1, 0.15) is 19.2 Å². The Hall–Kier alpha value is -2.48. The molecule has 0 unspecified atom stereocenters. The predicted octanol–water partition coefficient (Wildman–Crippen LogP) is 0.335. The van der Waals surface area contributed by atoms with Crippen LogP contribution in [0.4, 0.5) is 5.82 Å². The molecule has 0 aliphatic carbocycles. The molecule has 1 atom stereocenters. The third-order valence-electron chi connectivity index (χ3n) is 4.59. The molecule has 0 radical (unpaired) electrons. The summed E-state index contributed by atoms with van der Waals surface area (Å²) in [5, 5.41) is 10.9. The minimum atomic E-state index is -0.940. The van der Waals surface area contributed by atoms with Gasteiger partial charge < -0.3 is 19.5 Å². The molecule has 3 rings (SSSR count). The Morgan fingerprint density at radius 2 is 2.20 bits per heavy atom. The summed E-state index contributed by atoms with van der Waals surface area (Å²) in [6.07, 6.45) is 9.83. The molecular weight excluding hydrogens is 320 g/mol. The molecule has 1 aliphatic heterocycles. The van der Waals surface area contributed by atoms with E-state index in [9.17, 15) is 9.90 Å². The van der Waals surface area contributed by atoms with Crippen LogP contribution in [0.25, 0.3) is 0 Å². The second-order valence-corrected chi connectivity index (χ2v) is 6.53. The molecule has 25 heavy (non-hydrogen) atoms. The van der Waals surface area contributed by atoms with Gasteiger partial charge in [-0.1, -0.05) is 6.92 Å². The lowest BCUT2D eigenvalue weighted by Crippen LogP contribution is -2.46. The number of aromatic nitrogens is 4. The van der Waals surface area contributed by atoms with E-state index in [1.54, 1.807) is 36.7 Å². The van der Waals surface area contributed by atoms with Crippen LogP contribution in [-0.4, -0.2) is 67.7 Å². The van der Waals surface area contributed by atoms with Crippen molar-refractivity contribution in [1.82, 2.24) is 24.4 Å². The zero-order valence-corrected chi connectivity index (χ0v) is 14.7. The third kappa shape index (κ3) is 3.96. The highest BCUT2D eigenvalue weighted by Gasteiger charge is 2.38. The molecule has 0 aromatic carbocycles. The maximum atomic E-state index is 12.5. The Balaban J connectivity index is 1.58. The first-order valence-corrected chi connectivity index (χ1v) is 8.48. The van der Waals surface area contributed by atoms with Gasteiger partial charge in [0.2, 0.25) is 5.91 Å². The largest absolute Gasteiger partial charge is 0.386 e. The fourth-order valence-electron chi connectivity index (χ4n) is 3.23. The first kappa shape index (κ1) is 17.3. The fourth-order valence-corrected chi connectivity index (χ4v) is 3.23. The van der Waals surface area contributed by atoms with Crippen molar-refractivity contribution in [2.24, 2.45) is 0 Å². The average Bonchev–Trinajstić information content (AvgIpc) is 3.22. The van der Waals surface area contributed by atoms with Crippen LogP contribution in [0.2, 0.25) is 0 Å². The second kappa shape index (κ2) is 7.18. The SMILES string of the molecule is CCc1nccn1CC(=O)N(C)C[C@]1(O)CCN(c2cnccn2)C1. The Bertz CT molecular complexity index is 719. The Morgan fingerprint density at radius 3 is 2.92 bits per heavy atom. The molecule has 1 saturated heterocycles. The van der Waals surface area contributed by atoms with Gasteiger partial charge in [-0.05, 0) is 6.42 Å². The standard InChI is InChI=1S/C17H24N6O2/c1-3-14-20-7-9-22(14)11-16(24)21(2)12-17(25)4-8-23(13-17)15-10-18-5-6-19-15/h5-7,9-10,25H,3-4,8,11-13H2,1-2H3/t17-/m1/s1. The van der Waals surface area contributed by atoms with Crippen molar-refractivity contribution in [3.63, 3.8) is 0 Å². The molecule has 3 heterocycles. The van der Waals surface area contributed by atoms with E-state index in [0.29, 0.717) is 26.1 Å². The molecule has 1 aliphatic rings. The molecule has 134 valence electrons. The van der Waals surface area contributed by atoms with Gasteiger partial charge in [0.1, 0.15) is 23.8 Å². The van der Waals surface area contributed by atoms with Gasteiger partial charge in [-0.2, -0.15) is 0 Å². The number of rotatable bonds is 6. The molecule has 1 amide bonds. The van der Waals surface area contributed by atoms with Crippen LogP contribution in [0.15, 0.2) is 31.0 Å². The highest BCUT2D eigenvalue weighted by molar-refractivity contribution is 5.75. The summed E-state index contributed by atoms with van der Waals surface area (Å²) >= 11 is 0. The number of nitrogens with zero attached hydrogens (tertiary/aromatic N) is 6. The van der Waals surface area contributed by atoms with Crippen molar-refractivity contribution in [3.05, 3.63) is 36.8 Å². The van der Waals surface area contributed by atoms with Gasteiger partial charge in [-0.3, -0.25) is 9.78 Å². The lowest BCUT2D eigenvalue weighted by atomic mass is 10.0. The molecule has 1 N–H and O–H groups in total. The number of carbonyl (C=O) groups is 1. The monoisotopic (exact) mass is 344 g/mol. The summed E-state index contributed by atoms with van der Waals surface area (Å²) in [7, 11) is 1.73. The van der Waals surface area contributed by atoms with Crippen molar-refractivity contribution in [2.45, 2.75) is 31.9 Å². The fraction of sp³-hybridized carbons (Fsp3) is 0.529. The van der Waals surface area contributed by atoms with Crippen LogP contribution in [0.5, 0.6) is 0 Å². The van der Waals surface area contributed by atoms with Gasteiger partial charge in [-0.15, -0.1) is 0 Å². The van der Waals surface area contributed by atoms with Gasteiger partial charge in [0.25, 0.3) is 0 Å². The summed E-state index contributed by atoms with van der Waals surface area (Å²) in [6.45, 7) is 3.67. The molecule has 8 heteroatoms. The van der Waals surface area contributed by atoms with Crippen LogP contribution >= 0.6 is 0 Å². The molecule has 2 aromatic rings. The number of hydrogen-bond acceptors (Lipinski definition) is 6. The van der Waals surface area contributed by atoms with Crippen LogP contribution < -0.4 is 4.90 Å². The number of aryl methyl sites for hydroxylation is 1. The number of hydrogen-bond donors (Lipinski definition) is 1. The summed E-state index contributed by atoms with van der Waals surface area (Å²) in [5.41, 5.74) is -0.940. The van der Waals surface area contributed by atoms with Crippen LogP contribution in [-0.2, 0) is 17.8 Å². The maximum absolute atomic E-state index is 12.5. The molecule has 2 aromatic heterocycles. The molecule has 0 spiro atoms. The van der Waals surface area contributed by atoms with Crippen molar-refractivity contribution in [2.75, 3.05) is 31.6 Å². The maximum Gasteiger partial charge on any atom is 0.242 e. The van der Waals surface area contributed by atoms with Gasteiger partial charge >= 0.3 is 0 Å². The number of anilines is 1. The molecule has 8 nitrogen and oxygen atoms in total. The van der Waals surface area contributed by atoms with Gasteiger partial charge in [0, 0.05) is 51.3 Å². The summed E-state index contributed by atoms with van der Waals surface area (Å²) in [6, 6.07) is 0. The number of imidazole rings is 1. The number of carbonyl (C=O) groups excluding carboxylic acids is 1. The van der Waals surface area contributed by atoms with E-state index >= 15 is 0 Å². The number of likely N-dealkylation sites (N-methyl/N-ethyl adjacent to an activating group) is 1. The lowest BCUT2D eigenvalue weighted by Gasteiger charge is -2.29. The molecule has 0 bridgehead atoms. The minimum Gasteiger partial charge on any atom is -0.386 e. The van der Waals surface area contributed by atoms with Gasteiger partial charge in [-0.25, -0.2) is 9.97 Å². The highest BCUT2D eigenvalue weighted by Crippen LogP contribution is 2.25. The van der Waals surface area contributed by atoms with Crippen molar-refractivity contribution < 1.29 is 9.90 Å². The topological polar surface area (TPSA) is 87.4 Å². The van der Waals surface area contributed by atoms with Crippen LogP contribution in [0.3, 0.4) is 0 Å². The predicted molar refractivity (Wildman–Crippen MR) is 93.1 cm³/mol. The minimum absolute atomic E-state index is 0.0425. The van der Waals surface area contributed by atoms with Crippen molar-refractivity contribution in [3.8, 4) is 0 Å². The average molecular weight is 344 g/mol. The summed E-state index contributed by atoms with van der Waals surface area (Å²) in [5.74, 6) is 1.59. The van der Waals surface area contributed by atoms with E-state index in [-0.39, 0.29) is 12.5 Å². The zero-order chi connectivity index (χ0) is 17.9. The number of β-amino-alcohol motifs (C(OH)–C–C–N with tert-alkyl or cyclic N) is 1. The Morgan fingerprint density at radius 1 is 1.36 bits per heavy atom. The van der Waals surface area contributed by atoms with E-state index in [1.807, 2.05) is 22.6 Å². The molecular formula is C17H24N6O2. The highest BCUT2D eigenvalue weighted by atomic mass is 16.3. The van der Waals surface area contributed by atoms with E-state index in [1.165, 1.54) is 0 Å².